The summed E-state index contributed by atoms with van der Waals surface area (Å²) >= 11 is 0. The number of allylic oxidation sites excluding steroid dienone is 3. The highest BCUT2D eigenvalue weighted by Gasteiger charge is 2.08. The Morgan fingerprint density at radius 3 is 2.67 bits per heavy atom. The van der Waals surface area contributed by atoms with Crippen molar-refractivity contribution in [1.82, 2.24) is 9.97 Å². The van der Waals surface area contributed by atoms with E-state index in [1.807, 2.05) is 50.3 Å². The molecule has 140 valence electrons. The number of aryl methyl sites for hydroxylation is 3. The molecule has 0 aliphatic carbocycles. The van der Waals surface area contributed by atoms with Crippen molar-refractivity contribution in [2.24, 2.45) is 10.7 Å². The minimum Gasteiger partial charge on any atom is -0.369 e. The molecule has 1 aromatic carbocycles. The van der Waals surface area contributed by atoms with Gasteiger partial charge in [-0.05, 0) is 49.0 Å². The number of aliphatic imine (C=N–C) groups is 1. The second kappa shape index (κ2) is 10.2. The first kappa shape index (κ1) is 20.2. The molecular weight excluding hydrogens is 336 g/mol. The average molecular weight is 362 g/mol. The van der Waals surface area contributed by atoms with Gasteiger partial charge < -0.3 is 5.73 Å². The quantitative estimate of drug-likeness (QED) is 0.544. The summed E-state index contributed by atoms with van der Waals surface area (Å²) in [4.78, 5) is 24.8. The molecule has 2 rings (SSSR count). The molecule has 1 aromatic heterocycles. The van der Waals surface area contributed by atoms with Crippen LogP contribution in [-0.2, 0) is 24.1 Å². The Labute approximate surface area is 160 Å². The van der Waals surface area contributed by atoms with E-state index in [0.717, 1.165) is 47.4 Å². The van der Waals surface area contributed by atoms with Crippen LogP contribution in [0.15, 0.2) is 60.3 Å². The molecule has 0 atom stereocenters. The normalized spacial score (nSPS) is 11.7. The van der Waals surface area contributed by atoms with Crippen LogP contribution in [0, 0.1) is 6.92 Å². The van der Waals surface area contributed by atoms with Gasteiger partial charge in [-0.1, -0.05) is 49.9 Å². The molecule has 1 heterocycles. The molecule has 1 amide bonds. The van der Waals surface area contributed by atoms with Gasteiger partial charge in [0.15, 0.2) is 0 Å². The highest BCUT2D eigenvalue weighted by Crippen LogP contribution is 2.16. The second-order valence-electron chi connectivity index (χ2n) is 6.26. The van der Waals surface area contributed by atoms with Gasteiger partial charge in [0.2, 0.25) is 11.9 Å². The average Bonchev–Trinajstić information content (AvgIpc) is 2.66. The predicted octanol–water partition coefficient (Wildman–Crippen LogP) is 3.82. The van der Waals surface area contributed by atoms with Gasteiger partial charge in [-0.25, -0.2) is 15.0 Å². The van der Waals surface area contributed by atoms with Crippen molar-refractivity contribution in [3.63, 3.8) is 0 Å². The zero-order valence-corrected chi connectivity index (χ0v) is 16.0. The summed E-state index contributed by atoms with van der Waals surface area (Å²) in [5.74, 6) is 0.142. The lowest BCUT2D eigenvalue weighted by atomic mass is 9.98. The molecular formula is C22H26N4O. The molecule has 27 heavy (non-hydrogen) atoms. The number of carbonyl (C=O) groups excluding carboxylic acids is 1. The molecule has 0 saturated heterocycles. The summed E-state index contributed by atoms with van der Waals surface area (Å²) in [5.41, 5.74) is 10.3. The lowest BCUT2D eigenvalue weighted by molar-refractivity contribution is -0.117. The van der Waals surface area contributed by atoms with E-state index < -0.39 is 0 Å². The Kier molecular flexibility index (Phi) is 7.62. The first-order valence-electron chi connectivity index (χ1n) is 9.07. The minimum atomic E-state index is -0.322. The van der Waals surface area contributed by atoms with E-state index in [2.05, 4.69) is 21.5 Å². The van der Waals surface area contributed by atoms with Gasteiger partial charge in [0.05, 0.1) is 6.42 Å². The smallest absolute Gasteiger partial charge is 0.249 e. The lowest BCUT2D eigenvalue weighted by Gasteiger charge is -2.09. The molecule has 5 nitrogen and oxygen atoms in total. The van der Waals surface area contributed by atoms with Crippen LogP contribution in [-0.4, -0.2) is 21.6 Å². The Hall–Kier alpha value is -3.08. The van der Waals surface area contributed by atoms with Crippen molar-refractivity contribution in [3.05, 3.63) is 77.7 Å². The number of rotatable bonds is 9. The summed E-state index contributed by atoms with van der Waals surface area (Å²) in [6, 6.07) is 7.88. The number of hydrogen-bond donors (Lipinski definition) is 1. The summed E-state index contributed by atoms with van der Waals surface area (Å²) in [5, 5.41) is 0. The van der Waals surface area contributed by atoms with Crippen molar-refractivity contribution < 1.29 is 4.79 Å². The minimum absolute atomic E-state index is 0.254. The van der Waals surface area contributed by atoms with E-state index in [0.29, 0.717) is 5.95 Å². The SMILES string of the molecule is C=C/C=C\C(CC)=Nc1ncc(C)c(CCc2ccccc2CC(N)=O)n1. The number of primary amides is 1. The van der Waals surface area contributed by atoms with Gasteiger partial charge in [-0.15, -0.1) is 0 Å². The lowest BCUT2D eigenvalue weighted by Crippen LogP contribution is -2.15. The van der Waals surface area contributed by atoms with Gasteiger partial charge in [0, 0.05) is 17.6 Å². The largest absolute Gasteiger partial charge is 0.369 e. The maximum Gasteiger partial charge on any atom is 0.249 e. The maximum absolute atomic E-state index is 11.3. The summed E-state index contributed by atoms with van der Waals surface area (Å²) < 4.78 is 0. The number of nitrogens with zero attached hydrogens (tertiary/aromatic N) is 3. The van der Waals surface area contributed by atoms with E-state index in [-0.39, 0.29) is 12.3 Å². The molecule has 2 aromatic rings. The molecule has 0 bridgehead atoms. The van der Waals surface area contributed by atoms with Crippen LogP contribution in [0.25, 0.3) is 0 Å². The fourth-order valence-electron chi connectivity index (χ4n) is 2.73. The highest BCUT2D eigenvalue weighted by molar-refractivity contribution is 5.96. The molecule has 0 unspecified atom stereocenters. The zero-order valence-electron chi connectivity index (χ0n) is 16.0. The summed E-state index contributed by atoms with van der Waals surface area (Å²) in [7, 11) is 0. The van der Waals surface area contributed by atoms with Crippen LogP contribution in [0.1, 0.15) is 35.7 Å². The zero-order chi connectivity index (χ0) is 19.6. The van der Waals surface area contributed by atoms with E-state index >= 15 is 0 Å². The number of carbonyl (C=O) groups is 1. The van der Waals surface area contributed by atoms with Crippen molar-refractivity contribution >= 4 is 17.6 Å². The highest BCUT2D eigenvalue weighted by atomic mass is 16.1. The molecule has 2 N–H and O–H groups in total. The Balaban J connectivity index is 2.20. The van der Waals surface area contributed by atoms with Crippen LogP contribution >= 0.6 is 0 Å². The van der Waals surface area contributed by atoms with Crippen LogP contribution in [0.5, 0.6) is 0 Å². The van der Waals surface area contributed by atoms with Gasteiger partial charge in [0.1, 0.15) is 0 Å². The number of hydrogen-bond acceptors (Lipinski definition) is 4. The van der Waals surface area contributed by atoms with Gasteiger partial charge in [0.25, 0.3) is 0 Å². The fourth-order valence-corrected chi connectivity index (χ4v) is 2.73. The van der Waals surface area contributed by atoms with Gasteiger partial charge in [-0.2, -0.15) is 0 Å². The maximum atomic E-state index is 11.3. The molecule has 0 spiro atoms. The Morgan fingerprint density at radius 1 is 1.26 bits per heavy atom. The van der Waals surface area contributed by atoms with Gasteiger partial charge in [-0.3, -0.25) is 4.79 Å². The fraction of sp³-hybridized carbons (Fsp3) is 0.273. The molecule has 0 aliphatic rings. The monoisotopic (exact) mass is 362 g/mol. The summed E-state index contributed by atoms with van der Waals surface area (Å²) in [6.07, 6.45) is 9.86. The standard InChI is InChI=1S/C22H26N4O/c1-4-6-11-19(5-2)25-22-24-15-16(3)20(26-22)13-12-17-9-7-8-10-18(17)14-21(23)27/h4,6-11,15H,1,5,12-14H2,2-3H3,(H2,23,27)/b11-6-,25-19?. The third-order valence-electron chi connectivity index (χ3n) is 4.21. The third-order valence-corrected chi connectivity index (χ3v) is 4.21. The first-order valence-corrected chi connectivity index (χ1v) is 9.07. The van der Waals surface area contributed by atoms with Crippen LogP contribution < -0.4 is 5.73 Å². The topological polar surface area (TPSA) is 81.2 Å². The number of benzene rings is 1. The molecule has 0 radical (unpaired) electrons. The number of aromatic nitrogens is 2. The van der Waals surface area contributed by atoms with Crippen molar-refractivity contribution in [3.8, 4) is 0 Å². The number of nitrogens with two attached hydrogens (primary N) is 1. The van der Waals surface area contributed by atoms with Crippen molar-refractivity contribution in [1.29, 1.82) is 0 Å². The molecule has 5 heteroatoms. The van der Waals surface area contributed by atoms with Crippen molar-refractivity contribution in [2.75, 3.05) is 0 Å². The Bertz CT molecular complexity index is 868. The second-order valence-corrected chi connectivity index (χ2v) is 6.26. The van der Waals surface area contributed by atoms with Crippen LogP contribution in [0.4, 0.5) is 5.95 Å². The predicted molar refractivity (Wildman–Crippen MR) is 110 cm³/mol. The molecule has 0 fully saturated rings. The van der Waals surface area contributed by atoms with Crippen LogP contribution in [0.2, 0.25) is 0 Å². The van der Waals surface area contributed by atoms with E-state index in [4.69, 9.17) is 5.73 Å². The van der Waals surface area contributed by atoms with E-state index in [1.54, 1.807) is 12.3 Å². The molecule has 0 saturated carbocycles. The van der Waals surface area contributed by atoms with E-state index in [1.165, 1.54) is 0 Å². The van der Waals surface area contributed by atoms with Gasteiger partial charge >= 0.3 is 0 Å². The van der Waals surface area contributed by atoms with Crippen LogP contribution in [0.3, 0.4) is 0 Å². The van der Waals surface area contributed by atoms with Crippen molar-refractivity contribution in [2.45, 2.75) is 39.5 Å². The Morgan fingerprint density at radius 2 is 2.00 bits per heavy atom. The number of amides is 1. The molecule has 0 aliphatic heterocycles. The first-order chi connectivity index (χ1) is 13.0. The van der Waals surface area contributed by atoms with E-state index in [9.17, 15) is 4.79 Å². The summed E-state index contributed by atoms with van der Waals surface area (Å²) in [6.45, 7) is 7.71. The third kappa shape index (κ3) is 6.29.